The predicted octanol–water partition coefficient (Wildman–Crippen LogP) is 0.886. The van der Waals surface area contributed by atoms with Crippen LogP contribution in [0.15, 0.2) is 0 Å². The third-order valence-electron chi connectivity index (χ3n) is 1.83. The van der Waals surface area contributed by atoms with Gasteiger partial charge in [0.2, 0.25) is 0 Å². The molecule has 0 aromatic heterocycles. The highest BCUT2D eigenvalue weighted by molar-refractivity contribution is 5.70. The summed E-state index contributed by atoms with van der Waals surface area (Å²) in [7, 11) is 0. The van der Waals surface area contributed by atoms with Gasteiger partial charge in [-0.2, -0.15) is 0 Å². The molecule has 1 rings (SSSR count). The fourth-order valence-corrected chi connectivity index (χ4v) is 1.22. The lowest BCUT2D eigenvalue weighted by Crippen LogP contribution is -2.28. The van der Waals surface area contributed by atoms with Crippen LogP contribution in [-0.4, -0.2) is 23.8 Å². The molecule has 0 amide bonds. The van der Waals surface area contributed by atoms with Crippen LogP contribution in [0, 0.1) is 5.92 Å². The van der Waals surface area contributed by atoms with Crippen LogP contribution in [-0.2, 0) is 9.53 Å². The highest BCUT2D eigenvalue weighted by atomic mass is 16.5. The first-order valence-electron chi connectivity index (χ1n) is 3.54. The van der Waals surface area contributed by atoms with Crippen LogP contribution in [0.1, 0.15) is 19.8 Å². The molecule has 2 atom stereocenters. The predicted molar refractivity (Wildman–Crippen MR) is 35.8 cm³/mol. The van der Waals surface area contributed by atoms with Gasteiger partial charge in [0.25, 0.3) is 0 Å². The lowest BCUT2D eigenvalue weighted by Gasteiger charge is -2.23. The molecule has 1 fully saturated rings. The minimum Gasteiger partial charge on any atom is -0.481 e. The SMILES string of the molecule is C[C@@H]1C[C@H](C(=O)O)CCO1. The van der Waals surface area contributed by atoms with Crippen molar-refractivity contribution in [1.29, 1.82) is 0 Å². The van der Waals surface area contributed by atoms with E-state index in [4.69, 9.17) is 9.84 Å². The minimum atomic E-state index is -0.685. The van der Waals surface area contributed by atoms with Crippen molar-refractivity contribution in [2.75, 3.05) is 6.61 Å². The van der Waals surface area contributed by atoms with Crippen molar-refractivity contribution in [2.24, 2.45) is 5.92 Å². The highest BCUT2D eigenvalue weighted by Gasteiger charge is 2.24. The summed E-state index contributed by atoms with van der Waals surface area (Å²) in [5.74, 6) is -0.862. The molecule has 1 aliphatic rings. The third kappa shape index (κ3) is 1.70. The van der Waals surface area contributed by atoms with Gasteiger partial charge in [-0.15, -0.1) is 0 Å². The molecule has 0 saturated carbocycles. The largest absolute Gasteiger partial charge is 0.481 e. The quantitative estimate of drug-likeness (QED) is 0.594. The third-order valence-corrected chi connectivity index (χ3v) is 1.83. The smallest absolute Gasteiger partial charge is 0.306 e. The number of hydrogen-bond donors (Lipinski definition) is 1. The lowest BCUT2D eigenvalue weighted by molar-refractivity contribution is -0.146. The van der Waals surface area contributed by atoms with Crippen molar-refractivity contribution in [3.63, 3.8) is 0 Å². The van der Waals surface area contributed by atoms with Gasteiger partial charge in [-0.3, -0.25) is 4.79 Å². The van der Waals surface area contributed by atoms with Crippen LogP contribution in [0.25, 0.3) is 0 Å². The van der Waals surface area contributed by atoms with E-state index in [0.29, 0.717) is 19.4 Å². The zero-order valence-corrected chi connectivity index (χ0v) is 6.04. The molecule has 3 nitrogen and oxygen atoms in total. The first-order chi connectivity index (χ1) is 4.70. The fourth-order valence-electron chi connectivity index (χ4n) is 1.22. The van der Waals surface area contributed by atoms with E-state index in [2.05, 4.69) is 0 Å². The first-order valence-corrected chi connectivity index (χ1v) is 3.54. The molecule has 58 valence electrons. The molecule has 1 heterocycles. The van der Waals surface area contributed by atoms with Gasteiger partial charge in [-0.05, 0) is 19.8 Å². The summed E-state index contributed by atoms with van der Waals surface area (Å²) in [6.45, 7) is 2.51. The molecule has 0 radical (unpaired) electrons. The van der Waals surface area contributed by atoms with E-state index in [1.807, 2.05) is 6.92 Å². The average Bonchev–Trinajstić information content (AvgIpc) is 1.88. The monoisotopic (exact) mass is 144 g/mol. The summed E-state index contributed by atoms with van der Waals surface area (Å²) in [6, 6.07) is 0. The van der Waals surface area contributed by atoms with Gasteiger partial charge in [-0.25, -0.2) is 0 Å². The molecule has 0 aromatic carbocycles. The topological polar surface area (TPSA) is 46.5 Å². The second-order valence-corrected chi connectivity index (χ2v) is 2.74. The number of hydrogen-bond acceptors (Lipinski definition) is 2. The Balaban J connectivity index is 2.39. The van der Waals surface area contributed by atoms with E-state index in [0.717, 1.165) is 0 Å². The van der Waals surface area contributed by atoms with Gasteiger partial charge in [0, 0.05) is 6.61 Å². The number of aliphatic carboxylic acids is 1. The number of rotatable bonds is 1. The molecule has 3 heteroatoms. The highest BCUT2D eigenvalue weighted by Crippen LogP contribution is 2.19. The Hall–Kier alpha value is -0.570. The van der Waals surface area contributed by atoms with Crippen LogP contribution in [0.4, 0.5) is 0 Å². The van der Waals surface area contributed by atoms with Crippen molar-refractivity contribution in [3.8, 4) is 0 Å². The summed E-state index contributed by atoms with van der Waals surface area (Å²) in [4.78, 5) is 10.4. The Morgan fingerprint density at radius 2 is 2.40 bits per heavy atom. The minimum absolute atomic E-state index is 0.120. The van der Waals surface area contributed by atoms with E-state index >= 15 is 0 Å². The fraction of sp³-hybridized carbons (Fsp3) is 0.857. The maximum Gasteiger partial charge on any atom is 0.306 e. The number of carboxylic acids is 1. The van der Waals surface area contributed by atoms with Crippen molar-refractivity contribution in [3.05, 3.63) is 0 Å². The van der Waals surface area contributed by atoms with Gasteiger partial charge in [0.15, 0.2) is 0 Å². The van der Waals surface area contributed by atoms with Crippen molar-refractivity contribution >= 4 is 5.97 Å². The number of carbonyl (C=O) groups is 1. The Labute approximate surface area is 60.0 Å². The molecule has 1 N–H and O–H groups in total. The molecule has 10 heavy (non-hydrogen) atoms. The molecule has 1 aliphatic heterocycles. The first kappa shape index (κ1) is 7.54. The van der Waals surface area contributed by atoms with Gasteiger partial charge >= 0.3 is 5.97 Å². The summed E-state index contributed by atoms with van der Waals surface area (Å²) in [5.41, 5.74) is 0. The van der Waals surface area contributed by atoms with Crippen molar-refractivity contribution < 1.29 is 14.6 Å². The van der Waals surface area contributed by atoms with Crippen LogP contribution in [0.5, 0.6) is 0 Å². The Morgan fingerprint density at radius 1 is 1.70 bits per heavy atom. The van der Waals surface area contributed by atoms with Crippen molar-refractivity contribution in [2.45, 2.75) is 25.9 Å². The number of carboxylic acid groups (broad SMARTS) is 1. The van der Waals surface area contributed by atoms with Crippen molar-refractivity contribution in [1.82, 2.24) is 0 Å². The van der Waals surface area contributed by atoms with E-state index < -0.39 is 5.97 Å². The van der Waals surface area contributed by atoms with Crippen LogP contribution in [0.3, 0.4) is 0 Å². The normalized spacial score (nSPS) is 33.7. The second kappa shape index (κ2) is 3.01. The van der Waals surface area contributed by atoms with Gasteiger partial charge in [0.1, 0.15) is 0 Å². The molecule has 0 unspecified atom stereocenters. The van der Waals surface area contributed by atoms with Crippen LogP contribution in [0.2, 0.25) is 0 Å². The maximum absolute atomic E-state index is 10.4. The molecule has 0 aromatic rings. The summed E-state index contributed by atoms with van der Waals surface area (Å²) in [6.07, 6.45) is 1.45. The molecule has 0 aliphatic carbocycles. The Kier molecular flexibility index (Phi) is 2.27. The van der Waals surface area contributed by atoms with Gasteiger partial charge in [0.05, 0.1) is 12.0 Å². The van der Waals surface area contributed by atoms with E-state index in [1.165, 1.54) is 0 Å². The summed E-state index contributed by atoms with van der Waals surface area (Å²) < 4.78 is 5.19. The molecular weight excluding hydrogens is 132 g/mol. The molecular formula is C7H12O3. The summed E-state index contributed by atoms with van der Waals surface area (Å²) >= 11 is 0. The Morgan fingerprint density at radius 3 is 2.80 bits per heavy atom. The van der Waals surface area contributed by atoms with Crippen LogP contribution < -0.4 is 0 Å². The molecule has 0 bridgehead atoms. The lowest BCUT2D eigenvalue weighted by atomic mass is 9.97. The van der Waals surface area contributed by atoms with E-state index in [9.17, 15) is 4.79 Å². The molecule has 0 spiro atoms. The second-order valence-electron chi connectivity index (χ2n) is 2.74. The number of ether oxygens (including phenoxy) is 1. The molecule has 1 saturated heterocycles. The van der Waals surface area contributed by atoms with E-state index in [1.54, 1.807) is 0 Å². The van der Waals surface area contributed by atoms with Gasteiger partial charge in [-0.1, -0.05) is 0 Å². The van der Waals surface area contributed by atoms with Gasteiger partial charge < -0.3 is 9.84 Å². The Bertz CT molecular complexity index is 133. The maximum atomic E-state index is 10.4. The standard InChI is InChI=1S/C7H12O3/c1-5-4-6(7(8)9)2-3-10-5/h5-6H,2-4H2,1H3,(H,8,9)/t5-,6-/m1/s1. The zero-order valence-electron chi connectivity index (χ0n) is 6.04. The zero-order chi connectivity index (χ0) is 7.56. The average molecular weight is 144 g/mol. The van der Waals surface area contributed by atoms with E-state index in [-0.39, 0.29) is 12.0 Å². The van der Waals surface area contributed by atoms with Crippen LogP contribution >= 0.6 is 0 Å². The summed E-state index contributed by atoms with van der Waals surface area (Å²) in [5, 5.41) is 8.60.